The maximum atomic E-state index is 6.04. The second kappa shape index (κ2) is 5.69. The van der Waals surface area contributed by atoms with E-state index in [2.05, 4.69) is 46.2 Å². The van der Waals surface area contributed by atoms with Crippen molar-refractivity contribution in [1.29, 1.82) is 0 Å². The maximum absolute atomic E-state index is 6.04. The Labute approximate surface area is 128 Å². The molecule has 0 atom stereocenters. The van der Waals surface area contributed by atoms with E-state index in [0.29, 0.717) is 12.4 Å². The van der Waals surface area contributed by atoms with Crippen molar-refractivity contribution in [2.45, 2.75) is 26.4 Å². The maximum Gasteiger partial charge on any atom is 0.226 e. The molecule has 1 aromatic carbocycles. The minimum atomic E-state index is 0.223. The molecule has 5 nitrogen and oxygen atoms in total. The van der Waals surface area contributed by atoms with Crippen molar-refractivity contribution in [2.75, 3.05) is 5.32 Å². The van der Waals surface area contributed by atoms with Crippen LogP contribution in [0.3, 0.4) is 0 Å². The van der Waals surface area contributed by atoms with Gasteiger partial charge >= 0.3 is 0 Å². The van der Waals surface area contributed by atoms with Gasteiger partial charge in [-0.3, -0.25) is 0 Å². The van der Waals surface area contributed by atoms with Crippen LogP contribution in [0.15, 0.2) is 36.7 Å². The van der Waals surface area contributed by atoms with Crippen LogP contribution in [0.4, 0.5) is 5.82 Å². The Morgan fingerprint density at radius 1 is 1.19 bits per heavy atom. The van der Waals surface area contributed by atoms with Gasteiger partial charge in [-0.05, 0) is 31.0 Å². The summed E-state index contributed by atoms with van der Waals surface area (Å²) in [6.45, 7) is 4.82. The fourth-order valence-corrected chi connectivity index (χ4v) is 2.34. The molecule has 0 radical (unpaired) electrons. The van der Waals surface area contributed by atoms with E-state index in [1.165, 1.54) is 5.56 Å². The summed E-state index contributed by atoms with van der Waals surface area (Å²) in [7, 11) is 0. The van der Waals surface area contributed by atoms with E-state index in [9.17, 15) is 0 Å². The predicted octanol–water partition coefficient (Wildman–Crippen LogP) is 3.67. The Bertz CT molecular complexity index is 751. The van der Waals surface area contributed by atoms with Gasteiger partial charge in [0.2, 0.25) is 5.28 Å². The lowest BCUT2D eigenvalue weighted by Crippen LogP contribution is -2.05. The number of rotatable bonds is 4. The molecule has 2 aromatic heterocycles. The highest BCUT2D eigenvalue weighted by Crippen LogP contribution is 2.23. The summed E-state index contributed by atoms with van der Waals surface area (Å²) in [4.78, 5) is 13.0. The zero-order chi connectivity index (χ0) is 14.8. The van der Waals surface area contributed by atoms with Crippen LogP contribution in [-0.4, -0.2) is 19.5 Å². The number of imidazole rings is 1. The zero-order valence-electron chi connectivity index (χ0n) is 11.9. The number of aromatic nitrogens is 4. The van der Waals surface area contributed by atoms with Gasteiger partial charge in [-0.15, -0.1) is 0 Å². The number of fused-ring (bicyclic) bond motifs is 1. The Morgan fingerprint density at radius 3 is 2.67 bits per heavy atom. The molecule has 0 aliphatic carbocycles. The van der Waals surface area contributed by atoms with Gasteiger partial charge < -0.3 is 9.88 Å². The van der Waals surface area contributed by atoms with Gasteiger partial charge in [0.15, 0.2) is 17.0 Å². The standard InChI is InChI=1S/C15H16ClN5/c1-10(2)21-9-18-12-13(19-15(16)20-14(12)21)17-8-11-6-4-3-5-7-11/h3-7,9-10H,8H2,1-2H3,(H,17,19,20). The summed E-state index contributed by atoms with van der Waals surface area (Å²) in [6.07, 6.45) is 1.77. The minimum Gasteiger partial charge on any atom is -0.364 e. The third-order valence-electron chi connectivity index (χ3n) is 3.25. The molecule has 0 aliphatic heterocycles. The van der Waals surface area contributed by atoms with E-state index in [4.69, 9.17) is 11.6 Å². The third-order valence-corrected chi connectivity index (χ3v) is 3.42. The van der Waals surface area contributed by atoms with Gasteiger partial charge in [-0.25, -0.2) is 4.98 Å². The summed E-state index contributed by atoms with van der Waals surface area (Å²) in [5, 5.41) is 3.51. The molecule has 3 aromatic rings. The molecule has 6 heteroatoms. The second-order valence-electron chi connectivity index (χ2n) is 5.10. The first kappa shape index (κ1) is 13.8. The Morgan fingerprint density at radius 2 is 1.95 bits per heavy atom. The highest BCUT2D eigenvalue weighted by Gasteiger charge is 2.13. The number of anilines is 1. The van der Waals surface area contributed by atoms with Crippen molar-refractivity contribution in [3.8, 4) is 0 Å². The zero-order valence-corrected chi connectivity index (χ0v) is 12.7. The number of halogens is 1. The van der Waals surface area contributed by atoms with Crippen molar-refractivity contribution < 1.29 is 0 Å². The van der Waals surface area contributed by atoms with E-state index in [1.807, 2.05) is 22.8 Å². The Kier molecular flexibility index (Phi) is 3.75. The van der Waals surface area contributed by atoms with Crippen LogP contribution in [0.2, 0.25) is 5.28 Å². The highest BCUT2D eigenvalue weighted by molar-refractivity contribution is 6.28. The molecule has 2 heterocycles. The van der Waals surface area contributed by atoms with Crippen LogP contribution < -0.4 is 5.32 Å². The van der Waals surface area contributed by atoms with Crippen LogP contribution in [0.1, 0.15) is 25.5 Å². The first-order valence-electron chi connectivity index (χ1n) is 6.83. The predicted molar refractivity (Wildman–Crippen MR) is 84.5 cm³/mol. The van der Waals surface area contributed by atoms with Gasteiger partial charge in [-0.1, -0.05) is 30.3 Å². The van der Waals surface area contributed by atoms with Crippen LogP contribution in [0, 0.1) is 0 Å². The molecule has 1 N–H and O–H groups in total. The fraction of sp³-hybridized carbons (Fsp3) is 0.267. The van der Waals surface area contributed by atoms with E-state index in [0.717, 1.165) is 11.2 Å². The number of hydrogen-bond acceptors (Lipinski definition) is 4. The van der Waals surface area contributed by atoms with Crippen LogP contribution >= 0.6 is 11.6 Å². The van der Waals surface area contributed by atoms with Crippen molar-refractivity contribution in [2.24, 2.45) is 0 Å². The molecule has 0 unspecified atom stereocenters. The van der Waals surface area contributed by atoms with E-state index in [-0.39, 0.29) is 11.3 Å². The van der Waals surface area contributed by atoms with Crippen LogP contribution in [0.5, 0.6) is 0 Å². The Hall–Kier alpha value is -2.14. The topological polar surface area (TPSA) is 55.6 Å². The lowest BCUT2D eigenvalue weighted by atomic mass is 10.2. The molecular weight excluding hydrogens is 286 g/mol. The van der Waals surface area contributed by atoms with Gasteiger partial charge in [0.05, 0.1) is 6.33 Å². The molecule has 108 valence electrons. The molecule has 0 saturated carbocycles. The Balaban J connectivity index is 1.95. The molecule has 21 heavy (non-hydrogen) atoms. The van der Waals surface area contributed by atoms with Gasteiger partial charge in [0.25, 0.3) is 0 Å². The number of nitrogens with one attached hydrogen (secondary N) is 1. The lowest BCUT2D eigenvalue weighted by Gasteiger charge is -2.09. The van der Waals surface area contributed by atoms with Crippen LogP contribution in [-0.2, 0) is 6.54 Å². The normalized spacial score (nSPS) is 11.2. The monoisotopic (exact) mass is 301 g/mol. The second-order valence-corrected chi connectivity index (χ2v) is 5.44. The van der Waals surface area contributed by atoms with Gasteiger partial charge in [0, 0.05) is 12.6 Å². The number of nitrogens with zero attached hydrogens (tertiary/aromatic N) is 4. The summed E-state index contributed by atoms with van der Waals surface area (Å²) in [5.74, 6) is 0.660. The van der Waals surface area contributed by atoms with Crippen molar-refractivity contribution in [1.82, 2.24) is 19.5 Å². The van der Waals surface area contributed by atoms with E-state index < -0.39 is 0 Å². The van der Waals surface area contributed by atoms with Crippen molar-refractivity contribution in [3.63, 3.8) is 0 Å². The summed E-state index contributed by atoms with van der Waals surface area (Å²) < 4.78 is 1.98. The average molecular weight is 302 g/mol. The fourth-order valence-electron chi connectivity index (χ4n) is 2.17. The summed E-state index contributed by atoms with van der Waals surface area (Å²) in [5.41, 5.74) is 2.66. The van der Waals surface area contributed by atoms with Gasteiger partial charge in [0.1, 0.15) is 0 Å². The largest absolute Gasteiger partial charge is 0.364 e. The first-order valence-corrected chi connectivity index (χ1v) is 7.21. The third kappa shape index (κ3) is 2.83. The molecule has 0 aliphatic rings. The number of benzene rings is 1. The summed E-state index contributed by atoms with van der Waals surface area (Å²) >= 11 is 6.04. The van der Waals surface area contributed by atoms with Crippen LogP contribution in [0.25, 0.3) is 11.2 Å². The molecule has 0 amide bonds. The van der Waals surface area contributed by atoms with E-state index >= 15 is 0 Å². The molecule has 0 bridgehead atoms. The molecular formula is C15H16ClN5. The SMILES string of the molecule is CC(C)n1cnc2c(NCc3ccccc3)nc(Cl)nc21. The van der Waals surface area contributed by atoms with Gasteiger partial charge in [-0.2, -0.15) is 9.97 Å². The smallest absolute Gasteiger partial charge is 0.226 e. The molecule has 0 spiro atoms. The lowest BCUT2D eigenvalue weighted by molar-refractivity contribution is 0.612. The van der Waals surface area contributed by atoms with Crippen molar-refractivity contribution in [3.05, 3.63) is 47.5 Å². The summed E-state index contributed by atoms with van der Waals surface area (Å²) in [6, 6.07) is 10.4. The van der Waals surface area contributed by atoms with E-state index in [1.54, 1.807) is 6.33 Å². The number of hydrogen-bond donors (Lipinski definition) is 1. The molecule has 0 saturated heterocycles. The quantitative estimate of drug-likeness (QED) is 0.747. The molecule has 3 rings (SSSR count). The molecule has 0 fully saturated rings. The first-order chi connectivity index (χ1) is 10.1. The highest BCUT2D eigenvalue weighted by atomic mass is 35.5. The average Bonchev–Trinajstić information content (AvgIpc) is 2.89. The minimum absolute atomic E-state index is 0.223. The van der Waals surface area contributed by atoms with Crippen molar-refractivity contribution >= 4 is 28.6 Å².